The van der Waals surface area contributed by atoms with Crippen LogP contribution in [0.5, 0.6) is 0 Å². The second-order valence-electron chi connectivity index (χ2n) is 15.4. The van der Waals surface area contributed by atoms with E-state index in [1.165, 1.54) is 14.2 Å². The van der Waals surface area contributed by atoms with E-state index in [1.54, 1.807) is 0 Å². The van der Waals surface area contributed by atoms with Crippen LogP contribution in [-0.4, -0.2) is 93.1 Å². The summed E-state index contributed by atoms with van der Waals surface area (Å²) >= 11 is 0. The number of alkyl carbamates (subject to hydrolysis) is 2. The predicted molar refractivity (Wildman–Crippen MR) is 210 cm³/mol. The third-order valence-electron chi connectivity index (χ3n) is 11.6. The van der Waals surface area contributed by atoms with Gasteiger partial charge < -0.3 is 39.9 Å². The molecule has 14 heteroatoms. The van der Waals surface area contributed by atoms with Gasteiger partial charge in [0.05, 0.1) is 50.1 Å². The smallest absolute Gasteiger partial charge is 0.407 e. The van der Waals surface area contributed by atoms with Crippen molar-refractivity contribution in [2.45, 2.75) is 89.4 Å². The molecule has 296 valence electrons. The second-order valence-corrected chi connectivity index (χ2v) is 15.4. The minimum Gasteiger partial charge on any atom is -0.453 e. The van der Waals surface area contributed by atoms with Crippen LogP contribution in [0.2, 0.25) is 0 Å². The molecule has 56 heavy (non-hydrogen) atoms. The van der Waals surface area contributed by atoms with Gasteiger partial charge in [-0.3, -0.25) is 9.59 Å². The average molecular weight is 765 g/mol. The molecule has 0 bridgehead atoms. The van der Waals surface area contributed by atoms with Crippen molar-refractivity contribution in [1.82, 2.24) is 40.4 Å². The molecule has 7 rings (SSSR count). The summed E-state index contributed by atoms with van der Waals surface area (Å²) in [4.78, 5) is 70.9. The Hall–Kier alpha value is -5.66. The molecule has 1 saturated carbocycles. The normalized spacial score (nSPS) is 21.5. The Morgan fingerprint density at radius 1 is 0.679 bits per heavy atom. The lowest BCUT2D eigenvalue weighted by Gasteiger charge is -2.32. The highest BCUT2D eigenvalue weighted by Gasteiger charge is 2.39. The fraction of sp³-hybridized carbons (Fsp3) is 0.476. The second kappa shape index (κ2) is 17.0. The Bertz CT molecular complexity index is 2000. The molecule has 2 aliphatic heterocycles. The van der Waals surface area contributed by atoms with E-state index in [1.807, 2.05) is 36.0 Å². The fourth-order valence-corrected chi connectivity index (χ4v) is 8.44. The molecule has 1 aliphatic carbocycles. The number of nitrogens with zero attached hydrogens (tertiary/aromatic N) is 4. The number of methoxy groups -OCH3 is 2. The number of amides is 4. The number of imidazole rings is 2. The van der Waals surface area contributed by atoms with Crippen molar-refractivity contribution >= 4 is 24.0 Å². The summed E-state index contributed by atoms with van der Waals surface area (Å²) in [5.74, 6) is 1.45. The van der Waals surface area contributed by atoms with Gasteiger partial charge in [-0.15, -0.1) is 0 Å². The van der Waals surface area contributed by atoms with Crippen molar-refractivity contribution in [3.63, 3.8) is 0 Å². The summed E-state index contributed by atoms with van der Waals surface area (Å²) in [6.45, 7) is 5.13. The first kappa shape index (κ1) is 38.6. The Morgan fingerprint density at radius 2 is 1.16 bits per heavy atom. The van der Waals surface area contributed by atoms with Crippen molar-refractivity contribution in [3.8, 4) is 33.6 Å². The minimum absolute atomic E-state index is 0.0405. The van der Waals surface area contributed by atoms with Gasteiger partial charge in [0.1, 0.15) is 17.7 Å². The van der Waals surface area contributed by atoms with Crippen molar-refractivity contribution in [1.29, 1.82) is 0 Å². The number of hydrogen-bond acceptors (Lipinski definition) is 8. The molecule has 1 unspecified atom stereocenters. The van der Waals surface area contributed by atoms with Gasteiger partial charge in [-0.1, -0.05) is 62.4 Å². The van der Waals surface area contributed by atoms with Crippen molar-refractivity contribution in [2.24, 2.45) is 11.8 Å². The largest absolute Gasteiger partial charge is 0.453 e. The number of nitrogens with one attached hydrogen (secondary N) is 4. The van der Waals surface area contributed by atoms with Gasteiger partial charge in [-0.25, -0.2) is 19.6 Å². The van der Waals surface area contributed by atoms with Gasteiger partial charge in [-0.2, -0.15) is 0 Å². The number of rotatable bonds is 10. The number of likely N-dealkylation sites (tertiary alicyclic amines) is 2. The summed E-state index contributed by atoms with van der Waals surface area (Å²) < 4.78 is 9.49. The molecule has 4 heterocycles. The molecule has 14 nitrogen and oxygen atoms in total. The van der Waals surface area contributed by atoms with E-state index >= 15 is 0 Å². The van der Waals surface area contributed by atoms with E-state index in [4.69, 9.17) is 14.5 Å². The average Bonchev–Trinajstić information content (AvgIpc) is 4.07. The predicted octanol–water partition coefficient (Wildman–Crippen LogP) is 6.76. The summed E-state index contributed by atoms with van der Waals surface area (Å²) in [7, 11) is 2.66. The van der Waals surface area contributed by atoms with Crippen LogP contribution in [0.3, 0.4) is 0 Å². The zero-order valence-corrected chi connectivity index (χ0v) is 32.5. The van der Waals surface area contributed by atoms with E-state index < -0.39 is 18.2 Å². The van der Waals surface area contributed by atoms with Crippen molar-refractivity contribution in [3.05, 3.63) is 72.6 Å². The monoisotopic (exact) mass is 764 g/mol. The first-order chi connectivity index (χ1) is 27.1. The Labute approximate surface area is 327 Å². The third kappa shape index (κ3) is 8.29. The van der Waals surface area contributed by atoms with Crippen LogP contribution in [0.4, 0.5) is 9.59 Å². The molecule has 2 aromatic carbocycles. The highest BCUT2D eigenvalue weighted by molar-refractivity contribution is 5.86. The fourth-order valence-electron chi connectivity index (χ4n) is 8.44. The molecule has 4 aromatic rings. The maximum absolute atomic E-state index is 13.6. The zero-order chi connectivity index (χ0) is 39.3. The summed E-state index contributed by atoms with van der Waals surface area (Å²) in [6.07, 6.45) is 9.12. The molecular formula is C42H52N8O6. The minimum atomic E-state index is -0.683. The van der Waals surface area contributed by atoms with Crippen LogP contribution in [0.15, 0.2) is 60.9 Å². The number of aromatic amines is 2. The number of aromatic nitrogens is 4. The van der Waals surface area contributed by atoms with Crippen molar-refractivity contribution < 1.29 is 28.7 Å². The van der Waals surface area contributed by atoms with Gasteiger partial charge >= 0.3 is 12.2 Å². The SMILES string of the molecule is COC(=O)N[C@H](C(=O)N1CCC[C@H]1c1ncc(-c2ccc(-c3ccc(-c4cnc(C5CCCN5C(=O)[C@H]5CC[C@@H](NC(=O)OC)CC5)[nH]4)cc3)cc2)[nH]1)C(C)C. The molecule has 4 amide bonds. The Kier molecular flexibility index (Phi) is 11.7. The van der Waals surface area contributed by atoms with Crippen LogP contribution in [0.25, 0.3) is 33.6 Å². The Balaban J connectivity index is 0.966. The zero-order valence-electron chi connectivity index (χ0n) is 32.5. The van der Waals surface area contributed by atoms with Gasteiger partial charge in [0, 0.05) is 25.0 Å². The summed E-state index contributed by atoms with van der Waals surface area (Å²) in [5.41, 5.74) is 5.93. The lowest BCUT2D eigenvalue weighted by atomic mass is 9.85. The molecule has 4 N–H and O–H groups in total. The number of H-pyrrole nitrogens is 2. The number of carbonyl (C=O) groups is 4. The van der Waals surface area contributed by atoms with E-state index in [-0.39, 0.29) is 41.8 Å². The Morgan fingerprint density at radius 3 is 1.66 bits per heavy atom. The molecule has 2 saturated heterocycles. The van der Waals surface area contributed by atoms with Gasteiger partial charge in [0.2, 0.25) is 11.8 Å². The van der Waals surface area contributed by atoms with Crippen LogP contribution in [0.1, 0.15) is 88.9 Å². The lowest BCUT2D eigenvalue weighted by Crippen LogP contribution is -2.51. The number of hydrogen-bond donors (Lipinski definition) is 4. The van der Waals surface area contributed by atoms with Gasteiger partial charge in [0.25, 0.3) is 0 Å². The highest BCUT2D eigenvalue weighted by atomic mass is 16.5. The number of benzene rings is 2. The topological polar surface area (TPSA) is 175 Å². The molecule has 0 radical (unpaired) electrons. The van der Waals surface area contributed by atoms with Crippen LogP contribution < -0.4 is 10.6 Å². The maximum atomic E-state index is 13.6. The van der Waals surface area contributed by atoms with E-state index in [2.05, 4.69) is 74.1 Å². The molecule has 2 aromatic heterocycles. The lowest BCUT2D eigenvalue weighted by molar-refractivity contribution is -0.138. The van der Waals surface area contributed by atoms with E-state index in [9.17, 15) is 19.2 Å². The van der Waals surface area contributed by atoms with Gasteiger partial charge in [0.15, 0.2) is 0 Å². The standard InChI is InChI=1S/C42H52N8O6/c1-25(2)36(48-42(54)56-4)40(52)50-22-6-8-35(50)38-44-24-33(47-38)29-15-11-27(12-16-29)26-9-13-28(14-10-26)32-23-43-37(46-32)34-7-5-21-49(34)39(51)30-17-19-31(20-18-30)45-41(53)55-3/h9-16,23-25,30-31,34-36H,5-8,17-22H2,1-4H3,(H,43,46)(H,44,47)(H,45,53)(H,48,54)/t30-,31+,34?,35-,36-/m0/s1. The first-order valence-electron chi connectivity index (χ1n) is 19.7. The molecule has 3 atom stereocenters. The number of carbonyl (C=O) groups excluding carboxylic acids is 4. The van der Waals surface area contributed by atoms with E-state index in [0.717, 1.165) is 103 Å². The molecular weight excluding hydrogens is 713 g/mol. The molecule has 3 fully saturated rings. The maximum Gasteiger partial charge on any atom is 0.407 e. The van der Waals surface area contributed by atoms with Crippen molar-refractivity contribution in [2.75, 3.05) is 27.3 Å². The summed E-state index contributed by atoms with van der Waals surface area (Å²) in [5, 5.41) is 5.57. The van der Waals surface area contributed by atoms with Crippen LogP contribution in [-0.2, 0) is 19.1 Å². The van der Waals surface area contributed by atoms with Crippen LogP contribution >= 0.6 is 0 Å². The van der Waals surface area contributed by atoms with Gasteiger partial charge in [-0.05, 0) is 79.5 Å². The summed E-state index contributed by atoms with van der Waals surface area (Å²) in [6, 6.07) is 15.8. The highest BCUT2D eigenvalue weighted by Crippen LogP contribution is 2.37. The third-order valence-corrected chi connectivity index (χ3v) is 11.6. The molecule has 3 aliphatic rings. The number of ether oxygens (including phenoxy) is 2. The first-order valence-corrected chi connectivity index (χ1v) is 19.7. The van der Waals surface area contributed by atoms with E-state index in [0.29, 0.717) is 6.54 Å². The molecule has 0 spiro atoms. The van der Waals surface area contributed by atoms with Crippen LogP contribution in [0, 0.1) is 11.8 Å². The quantitative estimate of drug-likeness (QED) is 0.137.